The molecular formula is C27H36Cl2N2O5. The molecule has 1 aliphatic rings. The molecule has 0 aliphatic carbocycles. The Kier molecular flexibility index (Phi) is 10.7. The van der Waals surface area contributed by atoms with E-state index < -0.39 is 6.10 Å². The first kappa shape index (κ1) is 28.5. The summed E-state index contributed by atoms with van der Waals surface area (Å²) in [5.41, 5.74) is 1.37. The lowest BCUT2D eigenvalue weighted by Gasteiger charge is -2.34. The average Bonchev–Trinajstić information content (AvgIpc) is 2.92. The Labute approximate surface area is 223 Å². The van der Waals surface area contributed by atoms with Crippen molar-refractivity contribution in [1.29, 1.82) is 0 Å². The first-order valence-electron chi connectivity index (χ1n) is 12.4. The number of aliphatic hydroxyl groups excluding tert-OH is 1. The molecule has 1 saturated heterocycles. The lowest BCUT2D eigenvalue weighted by molar-refractivity contribution is 0.0303. The zero-order valence-electron chi connectivity index (χ0n) is 21.2. The Morgan fingerprint density at radius 2 is 1.78 bits per heavy atom. The van der Waals surface area contributed by atoms with Gasteiger partial charge in [-0.25, -0.2) is 0 Å². The maximum absolute atomic E-state index is 12.8. The smallest absolute Gasteiger partial charge is 0.255 e. The van der Waals surface area contributed by atoms with Crippen LogP contribution in [-0.4, -0.2) is 74.1 Å². The van der Waals surface area contributed by atoms with Crippen molar-refractivity contribution in [2.45, 2.75) is 44.8 Å². The fourth-order valence-corrected chi connectivity index (χ4v) is 4.73. The Morgan fingerprint density at radius 1 is 1.11 bits per heavy atom. The minimum Gasteiger partial charge on any atom is -0.497 e. The summed E-state index contributed by atoms with van der Waals surface area (Å²) in [6.07, 6.45) is 1.88. The van der Waals surface area contributed by atoms with Gasteiger partial charge in [0.2, 0.25) is 0 Å². The number of methoxy groups -OCH3 is 1. The second-order valence-corrected chi connectivity index (χ2v) is 9.76. The topological polar surface area (TPSA) is 80.3 Å². The van der Waals surface area contributed by atoms with E-state index in [1.807, 2.05) is 12.1 Å². The van der Waals surface area contributed by atoms with Crippen molar-refractivity contribution >= 4 is 29.1 Å². The van der Waals surface area contributed by atoms with Crippen LogP contribution >= 0.6 is 23.2 Å². The molecule has 1 atom stereocenters. The molecule has 0 radical (unpaired) electrons. The zero-order valence-corrected chi connectivity index (χ0v) is 22.7. The third kappa shape index (κ3) is 7.26. The normalized spacial score (nSPS) is 15.0. The molecule has 9 heteroatoms. The molecule has 0 saturated carbocycles. The molecule has 1 aliphatic heterocycles. The molecular weight excluding hydrogens is 503 g/mol. The van der Waals surface area contributed by atoms with E-state index in [9.17, 15) is 9.90 Å². The molecule has 0 bridgehead atoms. The number of hydrogen-bond donors (Lipinski definition) is 2. The van der Waals surface area contributed by atoms with Crippen LogP contribution in [0.4, 0.5) is 0 Å². The van der Waals surface area contributed by atoms with Crippen molar-refractivity contribution < 1.29 is 24.1 Å². The van der Waals surface area contributed by atoms with Crippen LogP contribution in [0.2, 0.25) is 10.0 Å². The molecule has 1 unspecified atom stereocenters. The predicted octanol–water partition coefficient (Wildman–Crippen LogP) is 4.61. The van der Waals surface area contributed by atoms with E-state index in [0.717, 1.165) is 25.0 Å². The Balaban J connectivity index is 1.56. The van der Waals surface area contributed by atoms with Crippen molar-refractivity contribution in [3.63, 3.8) is 0 Å². The van der Waals surface area contributed by atoms with Crippen molar-refractivity contribution in [3.8, 4) is 11.5 Å². The largest absolute Gasteiger partial charge is 0.497 e. The number of rotatable bonds is 12. The zero-order chi connectivity index (χ0) is 26.1. The number of aliphatic hydroxyl groups is 1. The number of β-amino-alcohol motifs (C(OH)–C–C–N with tert-alkyl or cyclic N) is 1. The van der Waals surface area contributed by atoms with Crippen LogP contribution in [0.3, 0.4) is 0 Å². The monoisotopic (exact) mass is 538 g/mol. The highest BCUT2D eigenvalue weighted by molar-refractivity contribution is 6.44. The van der Waals surface area contributed by atoms with E-state index in [-0.39, 0.29) is 28.1 Å². The summed E-state index contributed by atoms with van der Waals surface area (Å²) < 4.78 is 16.3. The summed E-state index contributed by atoms with van der Waals surface area (Å²) in [5, 5.41) is 14.5. The van der Waals surface area contributed by atoms with E-state index in [0.29, 0.717) is 44.2 Å². The van der Waals surface area contributed by atoms with Crippen LogP contribution in [0.25, 0.3) is 0 Å². The van der Waals surface area contributed by atoms with E-state index in [2.05, 4.69) is 31.3 Å². The Hall–Kier alpha value is -2.03. The molecule has 2 aromatic carbocycles. The van der Waals surface area contributed by atoms with E-state index in [1.165, 1.54) is 5.56 Å². The molecule has 3 rings (SSSR count). The van der Waals surface area contributed by atoms with Crippen LogP contribution in [0.5, 0.6) is 11.5 Å². The van der Waals surface area contributed by atoms with Gasteiger partial charge < -0.3 is 29.5 Å². The van der Waals surface area contributed by atoms with Crippen LogP contribution in [0.15, 0.2) is 36.4 Å². The van der Waals surface area contributed by atoms with E-state index >= 15 is 0 Å². The molecule has 2 N–H and O–H groups in total. The summed E-state index contributed by atoms with van der Waals surface area (Å²) in [4.78, 5) is 14.5. The fourth-order valence-electron chi connectivity index (χ4n) is 4.27. The summed E-state index contributed by atoms with van der Waals surface area (Å²) in [6.45, 7) is 6.71. The van der Waals surface area contributed by atoms with Gasteiger partial charge in [-0.3, -0.25) is 4.79 Å². The van der Waals surface area contributed by atoms with Gasteiger partial charge in [0.1, 0.15) is 29.2 Å². The van der Waals surface area contributed by atoms with Crippen molar-refractivity contribution in [3.05, 3.63) is 57.6 Å². The van der Waals surface area contributed by atoms with Crippen LogP contribution in [-0.2, 0) is 11.2 Å². The van der Waals surface area contributed by atoms with Gasteiger partial charge in [-0.15, -0.1) is 0 Å². The molecule has 2 aromatic rings. The maximum Gasteiger partial charge on any atom is 0.255 e. The van der Waals surface area contributed by atoms with Gasteiger partial charge in [-0.1, -0.05) is 49.2 Å². The Morgan fingerprint density at radius 3 is 2.39 bits per heavy atom. The molecule has 36 heavy (non-hydrogen) atoms. The minimum absolute atomic E-state index is 0.0336. The van der Waals surface area contributed by atoms with Gasteiger partial charge in [0.15, 0.2) is 0 Å². The predicted molar refractivity (Wildman–Crippen MR) is 143 cm³/mol. The van der Waals surface area contributed by atoms with Crippen molar-refractivity contribution in [1.82, 2.24) is 10.2 Å². The maximum atomic E-state index is 12.8. The summed E-state index contributed by atoms with van der Waals surface area (Å²) >= 11 is 12.8. The van der Waals surface area contributed by atoms with Gasteiger partial charge in [-0.05, 0) is 49.1 Å². The average molecular weight is 540 g/mol. The SMILES string of the molecule is CCC(CC)(Cc1ccc(OC)cc1)NCC(O)COc1ccc(C(=O)N2CCOCC2)c(Cl)c1Cl. The Bertz CT molecular complexity index is 992. The van der Waals surface area contributed by atoms with Gasteiger partial charge in [0, 0.05) is 25.2 Å². The van der Waals surface area contributed by atoms with Crippen molar-refractivity contribution in [2.24, 2.45) is 0 Å². The standard InChI is InChI=1S/C27H36Cl2N2O5/c1-4-27(5-2,16-19-6-8-21(34-3)9-7-19)30-17-20(32)18-36-23-11-10-22(24(28)25(23)29)26(33)31-12-14-35-15-13-31/h6-11,20,30,32H,4-5,12-18H2,1-3H3. The number of halogens is 2. The van der Waals surface area contributed by atoms with Crippen LogP contribution in [0, 0.1) is 0 Å². The summed E-state index contributed by atoms with van der Waals surface area (Å²) in [5.74, 6) is 0.971. The van der Waals surface area contributed by atoms with Gasteiger partial charge in [-0.2, -0.15) is 0 Å². The van der Waals surface area contributed by atoms with E-state index in [4.69, 9.17) is 37.4 Å². The molecule has 1 heterocycles. The quantitative estimate of drug-likeness (QED) is 0.411. The number of carbonyl (C=O) groups excluding carboxylic acids is 1. The number of ether oxygens (including phenoxy) is 3. The first-order chi connectivity index (χ1) is 17.3. The number of nitrogens with zero attached hydrogens (tertiary/aromatic N) is 1. The molecule has 7 nitrogen and oxygen atoms in total. The number of nitrogens with one attached hydrogen (secondary N) is 1. The van der Waals surface area contributed by atoms with Gasteiger partial charge in [0.05, 0.1) is 30.9 Å². The van der Waals surface area contributed by atoms with E-state index in [1.54, 1.807) is 24.1 Å². The molecule has 1 fully saturated rings. The second kappa shape index (κ2) is 13.5. The highest BCUT2D eigenvalue weighted by atomic mass is 35.5. The molecule has 198 valence electrons. The highest BCUT2D eigenvalue weighted by Crippen LogP contribution is 2.35. The highest BCUT2D eigenvalue weighted by Gasteiger charge is 2.27. The van der Waals surface area contributed by atoms with Crippen LogP contribution in [0.1, 0.15) is 42.6 Å². The number of amides is 1. The van der Waals surface area contributed by atoms with Crippen molar-refractivity contribution in [2.75, 3.05) is 46.6 Å². The molecule has 1 amide bonds. The third-order valence-corrected chi connectivity index (χ3v) is 7.64. The summed E-state index contributed by atoms with van der Waals surface area (Å²) in [7, 11) is 1.66. The lowest BCUT2D eigenvalue weighted by atomic mass is 9.85. The second-order valence-electron chi connectivity index (χ2n) is 9.00. The summed E-state index contributed by atoms with van der Waals surface area (Å²) in [6, 6.07) is 11.3. The lowest BCUT2D eigenvalue weighted by Crippen LogP contribution is -2.49. The molecule has 0 aromatic heterocycles. The number of morpholine rings is 1. The third-order valence-electron chi connectivity index (χ3n) is 6.77. The molecule has 0 spiro atoms. The van der Waals surface area contributed by atoms with Gasteiger partial charge in [0.25, 0.3) is 5.91 Å². The fraction of sp³-hybridized carbons (Fsp3) is 0.519. The number of benzene rings is 2. The number of carbonyl (C=O) groups is 1. The van der Waals surface area contributed by atoms with Gasteiger partial charge >= 0.3 is 0 Å². The minimum atomic E-state index is -0.761. The first-order valence-corrected chi connectivity index (χ1v) is 13.1. The van der Waals surface area contributed by atoms with Crippen LogP contribution < -0.4 is 14.8 Å². The number of hydrogen-bond acceptors (Lipinski definition) is 6.